The van der Waals surface area contributed by atoms with Crippen LogP contribution in [0.15, 0.2) is 29.4 Å². The van der Waals surface area contributed by atoms with Gasteiger partial charge in [-0.1, -0.05) is 0 Å². The van der Waals surface area contributed by atoms with Crippen LogP contribution < -0.4 is 0 Å². The molecule has 0 spiro atoms. The second-order valence-corrected chi connectivity index (χ2v) is 8.38. The molecule has 1 aliphatic rings. The molecule has 1 saturated heterocycles. The zero-order chi connectivity index (χ0) is 18.9. The largest absolute Gasteiger partial charge is 0.465 e. The van der Waals surface area contributed by atoms with E-state index in [2.05, 4.69) is 14.9 Å². The van der Waals surface area contributed by atoms with Gasteiger partial charge in [-0.15, -0.1) is 10.2 Å². The number of carbonyl (C=O) groups is 1. The van der Waals surface area contributed by atoms with E-state index in [0.29, 0.717) is 24.2 Å². The predicted molar refractivity (Wildman–Crippen MR) is 94.3 cm³/mol. The first-order chi connectivity index (χ1) is 12.3. The molecule has 9 heteroatoms. The standard InChI is InChI=1S/C17H22N4O4S/c1-12-9-13(17(22)25-3)6-7-15(12)26(23,24)21-8-4-5-14(10-21)16-19-18-11-20(16)2/h6-7,9,11,14H,4-5,8,10H2,1-3H3/t14-/m0/s1. The lowest BCUT2D eigenvalue weighted by Gasteiger charge is -2.31. The lowest BCUT2D eigenvalue weighted by molar-refractivity contribution is 0.0600. The molecule has 1 aromatic carbocycles. The lowest BCUT2D eigenvalue weighted by atomic mass is 9.99. The third-order valence-electron chi connectivity index (χ3n) is 4.71. The van der Waals surface area contributed by atoms with Crippen molar-refractivity contribution in [2.24, 2.45) is 7.05 Å². The number of ether oxygens (including phenoxy) is 1. The average molecular weight is 378 g/mol. The molecule has 0 unspecified atom stereocenters. The van der Waals surface area contributed by atoms with Gasteiger partial charge >= 0.3 is 5.97 Å². The van der Waals surface area contributed by atoms with E-state index >= 15 is 0 Å². The maximum Gasteiger partial charge on any atom is 0.337 e. The van der Waals surface area contributed by atoms with Crippen molar-refractivity contribution in [1.29, 1.82) is 0 Å². The van der Waals surface area contributed by atoms with Gasteiger partial charge in [0.15, 0.2) is 0 Å². The fourth-order valence-electron chi connectivity index (χ4n) is 3.36. The van der Waals surface area contributed by atoms with Crippen LogP contribution in [0, 0.1) is 6.92 Å². The van der Waals surface area contributed by atoms with Gasteiger partial charge in [0.05, 0.1) is 17.6 Å². The Morgan fingerprint density at radius 2 is 2.12 bits per heavy atom. The number of carbonyl (C=O) groups excluding carboxylic acids is 1. The summed E-state index contributed by atoms with van der Waals surface area (Å²) in [5.41, 5.74) is 0.855. The molecule has 140 valence electrons. The van der Waals surface area contributed by atoms with Gasteiger partial charge in [0.2, 0.25) is 10.0 Å². The number of hydrogen-bond donors (Lipinski definition) is 0. The highest BCUT2D eigenvalue weighted by molar-refractivity contribution is 7.89. The molecule has 0 saturated carbocycles. The number of esters is 1. The Balaban J connectivity index is 1.88. The van der Waals surface area contributed by atoms with Crippen molar-refractivity contribution < 1.29 is 17.9 Å². The highest BCUT2D eigenvalue weighted by atomic mass is 32.2. The third-order valence-corrected chi connectivity index (χ3v) is 6.73. The molecule has 2 heterocycles. The van der Waals surface area contributed by atoms with Gasteiger partial charge < -0.3 is 9.30 Å². The Morgan fingerprint density at radius 1 is 1.35 bits per heavy atom. The smallest absolute Gasteiger partial charge is 0.337 e. The van der Waals surface area contributed by atoms with Crippen molar-refractivity contribution in [3.05, 3.63) is 41.5 Å². The lowest BCUT2D eigenvalue weighted by Crippen LogP contribution is -2.40. The number of aromatic nitrogens is 3. The SMILES string of the molecule is COC(=O)c1ccc(S(=O)(=O)N2CCC[C@H](c3nncn3C)C2)c(C)c1. The molecule has 26 heavy (non-hydrogen) atoms. The molecule has 1 aliphatic heterocycles. The molecule has 0 bridgehead atoms. The Bertz CT molecular complexity index is 923. The number of rotatable bonds is 4. The van der Waals surface area contributed by atoms with E-state index in [1.807, 2.05) is 11.6 Å². The molecule has 0 radical (unpaired) electrons. The highest BCUT2D eigenvalue weighted by Gasteiger charge is 2.33. The predicted octanol–water partition coefficient (Wildman–Crippen LogP) is 1.48. The Morgan fingerprint density at radius 3 is 2.73 bits per heavy atom. The minimum absolute atomic E-state index is 0.0145. The van der Waals surface area contributed by atoms with E-state index < -0.39 is 16.0 Å². The van der Waals surface area contributed by atoms with Gasteiger partial charge in [-0.25, -0.2) is 13.2 Å². The van der Waals surface area contributed by atoms with E-state index in [-0.39, 0.29) is 10.8 Å². The van der Waals surface area contributed by atoms with Crippen molar-refractivity contribution >= 4 is 16.0 Å². The molecule has 1 atom stereocenters. The quantitative estimate of drug-likeness (QED) is 0.748. The maximum atomic E-state index is 13.1. The molecule has 0 N–H and O–H groups in total. The van der Waals surface area contributed by atoms with Gasteiger partial charge in [0.25, 0.3) is 0 Å². The number of nitrogens with zero attached hydrogens (tertiary/aromatic N) is 4. The highest BCUT2D eigenvalue weighted by Crippen LogP contribution is 2.30. The van der Waals surface area contributed by atoms with Crippen molar-refractivity contribution in [2.75, 3.05) is 20.2 Å². The minimum atomic E-state index is -3.65. The number of piperidine rings is 1. The summed E-state index contributed by atoms with van der Waals surface area (Å²) in [6, 6.07) is 4.50. The van der Waals surface area contributed by atoms with Gasteiger partial charge in [-0.05, 0) is 43.5 Å². The van der Waals surface area contributed by atoms with E-state index in [1.54, 1.807) is 19.3 Å². The maximum absolute atomic E-state index is 13.1. The normalized spacial score (nSPS) is 18.7. The molecular formula is C17H22N4O4S. The van der Waals surface area contributed by atoms with Crippen LogP contribution in [0.25, 0.3) is 0 Å². The Labute approximate surface area is 152 Å². The third kappa shape index (κ3) is 3.36. The van der Waals surface area contributed by atoms with Crippen molar-refractivity contribution in [3.8, 4) is 0 Å². The van der Waals surface area contributed by atoms with Gasteiger partial charge in [-0.3, -0.25) is 0 Å². The van der Waals surface area contributed by atoms with E-state index in [9.17, 15) is 13.2 Å². The molecule has 1 fully saturated rings. The van der Waals surface area contributed by atoms with E-state index in [1.165, 1.54) is 23.5 Å². The summed E-state index contributed by atoms with van der Waals surface area (Å²) in [6.45, 7) is 2.52. The number of aryl methyl sites for hydroxylation is 2. The second kappa shape index (κ2) is 7.16. The number of hydrogen-bond acceptors (Lipinski definition) is 6. The summed E-state index contributed by atoms with van der Waals surface area (Å²) < 4.78 is 34.3. The van der Waals surface area contributed by atoms with Crippen LogP contribution in [-0.4, -0.2) is 53.7 Å². The number of sulfonamides is 1. The minimum Gasteiger partial charge on any atom is -0.465 e. The number of methoxy groups -OCH3 is 1. The monoisotopic (exact) mass is 378 g/mol. The van der Waals surface area contributed by atoms with Crippen molar-refractivity contribution in [3.63, 3.8) is 0 Å². The summed E-state index contributed by atoms with van der Waals surface area (Å²) >= 11 is 0. The van der Waals surface area contributed by atoms with Crippen LogP contribution in [0.4, 0.5) is 0 Å². The summed E-state index contributed by atoms with van der Waals surface area (Å²) in [4.78, 5) is 11.8. The van der Waals surface area contributed by atoms with Gasteiger partial charge in [0.1, 0.15) is 12.2 Å². The van der Waals surface area contributed by atoms with Crippen molar-refractivity contribution in [1.82, 2.24) is 19.1 Å². The van der Waals surface area contributed by atoms with Crippen molar-refractivity contribution in [2.45, 2.75) is 30.6 Å². The topological polar surface area (TPSA) is 94.4 Å². The summed E-state index contributed by atoms with van der Waals surface area (Å²) in [7, 11) is -0.501. The molecule has 0 amide bonds. The summed E-state index contributed by atoms with van der Waals surface area (Å²) in [6.07, 6.45) is 3.26. The van der Waals surface area contributed by atoms with E-state index in [0.717, 1.165) is 18.7 Å². The first-order valence-electron chi connectivity index (χ1n) is 8.37. The zero-order valence-electron chi connectivity index (χ0n) is 15.0. The summed E-state index contributed by atoms with van der Waals surface area (Å²) in [5.74, 6) is 0.320. The van der Waals surface area contributed by atoms with Gasteiger partial charge in [-0.2, -0.15) is 4.31 Å². The van der Waals surface area contributed by atoms with Crippen LogP contribution in [-0.2, 0) is 21.8 Å². The number of benzene rings is 1. The Kier molecular flexibility index (Phi) is 5.10. The zero-order valence-corrected chi connectivity index (χ0v) is 15.9. The van der Waals surface area contributed by atoms with Crippen LogP contribution in [0.3, 0.4) is 0 Å². The van der Waals surface area contributed by atoms with Crippen LogP contribution >= 0.6 is 0 Å². The molecule has 1 aromatic heterocycles. The fourth-order valence-corrected chi connectivity index (χ4v) is 5.09. The Hall–Kier alpha value is -2.26. The van der Waals surface area contributed by atoms with Crippen LogP contribution in [0.5, 0.6) is 0 Å². The second-order valence-electron chi connectivity index (χ2n) is 6.47. The molecule has 3 rings (SSSR count). The average Bonchev–Trinajstić information content (AvgIpc) is 3.06. The molecule has 0 aliphatic carbocycles. The molecule has 8 nitrogen and oxygen atoms in total. The molecular weight excluding hydrogens is 356 g/mol. The first kappa shape index (κ1) is 18.5. The first-order valence-corrected chi connectivity index (χ1v) is 9.81. The molecule has 2 aromatic rings. The van der Waals surface area contributed by atoms with Crippen LogP contribution in [0.1, 0.15) is 40.5 Å². The summed E-state index contributed by atoms with van der Waals surface area (Å²) in [5, 5.41) is 8.02. The van der Waals surface area contributed by atoms with Gasteiger partial charge in [0, 0.05) is 26.1 Å². The van der Waals surface area contributed by atoms with E-state index in [4.69, 9.17) is 0 Å². The fraction of sp³-hybridized carbons (Fsp3) is 0.471. The van der Waals surface area contributed by atoms with Crippen LogP contribution in [0.2, 0.25) is 0 Å².